The lowest BCUT2D eigenvalue weighted by molar-refractivity contribution is 0.283. The van der Waals surface area contributed by atoms with Gasteiger partial charge in [-0.1, -0.05) is 23.7 Å². The fourth-order valence-electron chi connectivity index (χ4n) is 2.62. The Labute approximate surface area is 127 Å². The van der Waals surface area contributed by atoms with E-state index >= 15 is 0 Å². The van der Waals surface area contributed by atoms with E-state index in [2.05, 4.69) is 0 Å². The first-order valence-electron chi connectivity index (χ1n) is 6.71. The van der Waals surface area contributed by atoms with Crippen molar-refractivity contribution < 1.29 is 9.50 Å². The molecule has 2 nitrogen and oxygen atoms in total. The molecule has 0 saturated heterocycles. The highest BCUT2D eigenvalue weighted by Crippen LogP contribution is 2.26. The Hall–Kier alpha value is -1.84. The maximum absolute atomic E-state index is 13.2. The molecule has 0 aliphatic rings. The predicted octanol–water partition coefficient (Wildman–Crippen LogP) is 4.28. The fraction of sp³-hybridized carbons (Fsp3) is 0.176. The molecular formula is C17H15ClFNO. The van der Waals surface area contributed by atoms with E-state index in [1.165, 1.54) is 12.1 Å². The molecule has 21 heavy (non-hydrogen) atoms. The Kier molecular flexibility index (Phi) is 3.70. The van der Waals surface area contributed by atoms with E-state index in [9.17, 15) is 9.50 Å². The zero-order valence-corrected chi connectivity index (χ0v) is 12.4. The van der Waals surface area contributed by atoms with Gasteiger partial charge in [0.2, 0.25) is 0 Å². The maximum atomic E-state index is 13.2. The molecule has 0 fully saturated rings. The summed E-state index contributed by atoms with van der Waals surface area (Å²) in [4.78, 5) is 0. The molecule has 1 N–H and O–H groups in total. The van der Waals surface area contributed by atoms with Crippen LogP contribution in [0.15, 0.2) is 42.6 Å². The summed E-state index contributed by atoms with van der Waals surface area (Å²) in [7, 11) is 0. The number of hydrogen-bond acceptors (Lipinski definition) is 1. The molecule has 0 atom stereocenters. The third-order valence-corrected chi connectivity index (χ3v) is 3.98. The van der Waals surface area contributed by atoms with Gasteiger partial charge in [-0.05, 0) is 42.3 Å². The molecule has 2 aromatic carbocycles. The maximum Gasteiger partial charge on any atom is 0.123 e. The van der Waals surface area contributed by atoms with E-state index in [-0.39, 0.29) is 12.4 Å². The van der Waals surface area contributed by atoms with Gasteiger partial charge in [-0.2, -0.15) is 0 Å². The van der Waals surface area contributed by atoms with Crippen LogP contribution in [0.4, 0.5) is 4.39 Å². The van der Waals surface area contributed by atoms with E-state index in [1.54, 1.807) is 6.07 Å². The topological polar surface area (TPSA) is 25.2 Å². The van der Waals surface area contributed by atoms with E-state index in [0.29, 0.717) is 11.6 Å². The van der Waals surface area contributed by atoms with E-state index in [4.69, 9.17) is 11.6 Å². The van der Waals surface area contributed by atoms with Gasteiger partial charge in [0.15, 0.2) is 0 Å². The first-order chi connectivity index (χ1) is 10.1. The molecule has 0 bridgehead atoms. The van der Waals surface area contributed by atoms with Crippen molar-refractivity contribution in [3.8, 4) is 0 Å². The van der Waals surface area contributed by atoms with Gasteiger partial charge in [-0.3, -0.25) is 0 Å². The third-order valence-electron chi connectivity index (χ3n) is 3.74. The molecule has 0 aliphatic carbocycles. The second kappa shape index (κ2) is 5.51. The minimum atomic E-state index is -0.229. The lowest BCUT2D eigenvalue weighted by atomic mass is 10.1. The quantitative estimate of drug-likeness (QED) is 0.767. The molecule has 0 saturated carbocycles. The van der Waals surface area contributed by atoms with Gasteiger partial charge in [0, 0.05) is 28.7 Å². The summed E-state index contributed by atoms with van der Waals surface area (Å²) in [6.45, 7) is 2.49. The molecule has 0 aliphatic heterocycles. The number of benzene rings is 2. The van der Waals surface area contributed by atoms with Crippen molar-refractivity contribution in [1.82, 2.24) is 4.57 Å². The van der Waals surface area contributed by atoms with Gasteiger partial charge < -0.3 is 9.67 Å². The van der Waals surface area contributed by atoms with Crippen molar-refractivity contribution in [1.29, 1.82) is 0 Å². The summed E-state index contributed by atoms with van der Waals surface area (Å²) >= 11 is 6.07. The largest absolute Gasteiger partial charge is 0.392 e. The highest BCUT2D eigenvalue weighted by molar-refractivity contribution is 6.31. The highest BCUT2D eigenvalue weighted by atomic mass is 35.5. The zero-order chi connectivity index (χ0) is 15.0. The lowest BCUT2D eigenvalue weighted by Gasteiger charge is -2.09. The second-order valence-electron chi connectivity index (χ2n) is 5.17. The number of halogens is 2. The molecule has 108 valence electrons. The molecule has 4 heteroatoms. The van der Waals surface area contributed by atoms with Crippen molar-refractivity contribution >= 4 is 22.5 Å². The van der Waals surface area contributed by atoms with Gasteiger partial charge in [0.05, 0.1) is 12.1 Å². The number of rotatable bonds is 3. The molecule has 1 heterocycles. The van der Waals surface area contributed by atoms with Crippen LogP contribution in [0.5, 0.6) is 0 Å². The fourth-order valence-corrected chi connectivity index (χ4v) is 2.78. The van der Waals surface area contributed by atoms with Crippen LogP contribution in [0, 0.1) is 12.7 Å². The summed E-state index contributed by atoms with van der Waals surface area (Å²) in [5.74, 6) is -0.229. The van der Waals surface area contributed by atoms with Gasteiger partial charge in [-0.15, -0.1) is 0 Å². The zero-order valence-electron chi connectivity index (χ0n) is 11.6. The van der Waals surface area contributed by atoms with Crippen molar-refractivity contribution in [3.63, 3.8) is 0 Å². The first kappa shape index (κ1) is 14.1. The Morgan fingerprint density at radius 1 is 1.14 bits per heavy atom. The number of aryl methyl sites for hydroxylation is 1. The predicted molar refractivity (Wildman–Crippen MR) is 83.1 cm³/mol. The van der Waals surface area contributed by atoms with Crippen LogP contribution >= 0.6 is 11.6 Å². The standard InChI is InChI=1S/C17H15ClFNO/c1-11-6-15(19)4-2-12(11)8-20-9-13(10-21)16-5-3-14(18)7-17(16)20/h2-7,9,21H,8,10H2,1H3. The Balaban J connectivity index is 2.09. The minimum absolute atomic E-state index is 0.0203. The second-order valence-corrected chi connectivity index (χ2v) is 5.61. The van der Waals surface area contributed by atoms with Gasteiger partial charge in [0.25, 0.3) is 0 Å². The van der Waals surface area contributed by atoms with Crippen LogP contribution in [0.1, 0.15) is 16.7 Å². The Morgan fingerprint density at radius 3 is 2.67 bits per heavy atom. The molecular weight excluding hydrogens is 289 g/mol. The summed E-state index contributed by atoms with van der Waals surface area (Å²) in [6.07, 6.45) is 1.92. The van der Waals surface area contributed by atoms with Crippen LogP contribution in [0.2, 0.25) is 5.02 Å². The summed E-state index contributed by atoms with van der Waals surface area (Å²) in [6, 6.07) is 10.4. The summed E-state index contributed by atoms with van der Waals surface area (Å²) in [5, 5.41) is 11.1. The molecule has 0 spiro atoms. The van der Waals surface area contributed by atoms with Crippen LogP contribution < -0.4 is 0 Å². The number of fused-ring (bicyclic) bond motifs is 1. The van der Waals surface area contributed by atoms with Crippen molar-refractivity contribution in [2.24, 2.45) is 0 Å². The monoisotopic (exact) mass is 303 g/mol. The van der Waals surface area contributed by atoms with Gasteiger partial charge >= 0.3 is 0 Å². The van der Waals surface area contributed by atoms with Crippen LogP contribution in [-0.4, -0.2) is 9.67 Å². The van der Waals surface area contributed by atoms with Crippen LogP contribution in [0.3, 0.4) is 0 Å². The SMILES string of the molecule is Cc1cc(F)ccc1Cn1cc(CO)c2ccc(Cl)cc21. The Morgan fingerprint density at radius 2 is 1.95 bits per heavy atom. The molecule has 3 aromatic rings. The van der Waals surface area contributed by atoms with E-state index in [0.717, 1.165) is 27.6 Å². The highest BCUT2D eigenvalue weighted by Gasteiger charge is 2.10. The lowest BCUT2D eigenvalue weighted by Crippen LogP contribution is -2.00. The van der Waals surface area contributed by atoms with Crippen molar-refractivity contribution in [2.75, 3.05) is 0 Å². The number of aliphatic hydroxyl groups is 1. The molecule has 0 amide bonds. The van der Waals surface area contributed by atoms with Gasteiger partial charge in [0.1, 0.15) is 5.82 Å². The van der Waals surface area contributed by atoms with Crippen LogP contribution in [0.25, 0.3) is 10.9 Å². The smallest absolute Gasteiger partial charge is 0.123 e. The molecule has 3 rings (SSSR count). The van der Waals surface area contributed by atoms with Crippen LogP contribution in [-0.2, 0) is 13.2 Å². The number of hydrogen-bond donors (Lipinski definition) is 1. The molecule has 0 unspecified atom stereocenters. The summed E-state index contributed by atoms with van der Waals surface area (Å²) < 4.78 is 15.2. The van der Waals surface area contributed by atoms with E-state index < -0.39 is 0 Å². The average Bonchev–Trinajstić information content (AvgIpc) is 2.79. The molecule has 0 radical (unpaired) electrons. The number of aromatic nitrogens is 1. The Bertz CT molecular complexity index is 810. The number of aliphatic hydroxyl groups excluding tert-OH is 1. The van der Waals surface area contributed by atoms with Gasteiger partial charge in [-0.25, -0.2) is 4.39 Å². The number of nitrogens with zero attached hydrogens (tertiary/aromatic N) is 1. The normalized spacial score (nSPS) is 11.2. The van der Waals surface area contributed by atoms with Crippen molar-refractivity contribution in [2.45, 2.75) is 20.1 Å². The summed E-state index contributed by atoms with van der Waals surface area (Å²) in [5.41, 5.74) is 3.78. The van der Waals surface area contributed by atoms with E-state index in [1.807, 2.05) is 35.9 Å². The van der Waals surface area contributed by atoms with Crippen molar-refractivity contribution in [3.05, 3.63) is 70.1 Å². The molecule has 1 aromatic heterocycles. The minimum Gasteiger partial charge on any atom is -0.392 e. The average molecular weight is 304 g/mol. The first-order valence-corrected chi connectivity index (χ1v) is 7.09. The third kappa shape index (κ3) is 2.67.